The molecule has 3 heteroatoms. The molecule has 0 bridgehead atoms. The number of nitrogens with zero attached hydrogens (tertiary/aromatic N) is 1. The standard InChI is InChI=1S/C15H13NO2/c17-15-13(11-7-3-1-4-8-11)16-14(18-15)12-9-5-2-6-10-12/h2-3,5-7,9-10H,1,4,8H2/b13-11-. The Balaban J connectivity index is 1.99. The summed E-state index contributed by atoms with van der Waals surface area (Å²) in [5.41, 5.74) is 2.28. The minimum Gasteiger partial charge on any atom is -0.402 e. The van der Waals surface area contributed by atoms with Gasteiger partial charge in [-0.25, -0.2) is 9.79 Å². The number of aliphatic imine (C=N–C) groups is 1. The maximum atomic E-state index is 11.8. The highest BCUT2D eigenvalue weighted by atomic mass is 16.6. The summed E-state index contributed by atoms with van der Waals surface area (Å²) < 4.78 is 5.23. The van der Waals surface area contributed by atoms with Gasteiger partial charge in [-0.3, -0.25) is 0 Å². The highest BCUT2D eigenvalue weighted by Gasteiger charge is 2.26. The Labute approximate surface area is 105 Å². The van der Waals surface area contributed by atoms with Crippen LogP contribution >= 0.6 is 0 Å². The smallest absolute Gasteiger partial charge is 0.364 e. The van der Waals surface area contributed by atoms with E-state index >= 15 is 0 Å². The van der Waals surface area contributed by atoms with Gasteiger partial charge in [-0.05, 0) is 37.0 Å². The molecule has 1 heterocycles. The van der Waals surface area contributed by atoms with Crippen molar-refractivity contribution in [3.05, 3.63) is 59.3 Å². The average molecular weight is 239 g/mol. The van der Waals surface area contributed by atoms with E-state index in [0.717, 1.165) is 30.4 Å². The van der Waals surface area contributed by atoms with Gasteiger partial charge in [0.25, 0.3) is 0 Å². The molecule has 0 spiro atoms. The van der Waals surface area contributed by atoms with E-state index in [0.29, 0.717) is 11.6 Å². The van der Waals surface area contributed by atoms with Crippen molar-refractivity contribution >= 4 is 11.9 Å². The van der Waals surface area contributed by atoms with Crippen LogP contribution < -0.4 is 0 Å². The SMILES string of the molecule is O=C1OC(c2ccccc2)=N/C1=C1/C=CCCC1. The van der Waals surface area contributed by atoms with Crippen molar-refractivity contribution in [1.82, 2.24) is 0 Å². The minimum absolute atomic E-state index is 0.338. The predicted octanol–water partition coefficient (Wildman–Crippen LogP) is 2.98. The number of cyclic esters (lactones) is 1. The zero-order chi connectivity index (χ0) is 12.4. The maximum absolute atomic E-state index is 11.8. The summed E-state index contributed by atoms with van der Waals surface area (Å²) in [5, 5.41) is 0. The fourth-order valence-electron chi connectivity index (χ4n) is 2.13. The summed E-state index contributed by atoms with van der Waals surface area (Å²) in [6.45, 7) is 0. The van der Waals surface area contributed by atoms with Gasteiger partial charge in [0, 0.05) is 5.56 Å². The average Bonchev–Trinajstić information content (AvgIpc) is 2.83. The van der Waals surface area contributed by atoms with Crippen molar-refractivity contribution in [1.29, 1.82) is 0 Å². The fraction of sp³-hybridized carbons (Fsp3) is 0.200. The Hall–Kier alpha value is -2.16. The van der Waals surface area contributed by atoms with Crippen molar-refractivity contribution in [2.75, 3.05) is 0 Å². The first kappa shape index (κ1) is 11.0. The number of ether oxygens (including phenoxy) is 1. The van der Waals surface area contributed by atoms with Crippen LogP contribution in [0.15, 0.2) is 58.7 Å². The van der Waals surface area contributed by atoms with Crippen LogP contribution in [-0.4, -0.2) is 11.9 Å². The van der Waals surface area contributed by atoms with Gasteiger partial charge >= 0.3 is 5.97 Å². The quantitative estimate of drug-likeness (QED) is 0.558. The molecule has 1 aromatic carbocycles. The molecule has 18 heavy (non-hydrogen) atoms. The van der Waals surface area contributed by atoms with Gasteiger partial charge in [0.05, 0.1) is 0 Å². The molecule has 0 unspecified atom stereocenters. The number of benzene rings is 1. The lowest BCUT2D eigenvalue weighted by Gasteiger charge is -2.06. The van der Waals surface area contributed by atoms with Crippen molar-refractivity contribution in [2.45, 2.75) is 19.3 Å². The lowest BCUT2D eigenvalue weighted by molar-refractivity contribution is -0.130. The molecule has 0 amide bonds. The highest BCUT2D eigenvalue weighted by Crippen LogP contribution is 2.25. The lowest BCUT2D eigenvalue weighted by Crippen LogP contribution is -2.06. The van der Waals surface area contributed by atoms with Crippen LogP contribution in [0.3, 0.4) is 0 Å². The van der Waals surface area contributed by atoms with Crippen LogP contribution in [0.25, 0.3) is 0 Å². The number of hydrogen-bond donors (Lipinski definition) is 0. The Morgan fingerprint density at radius 2 is 2.00 bits per heavy atom. The first-order valence-corrected chi connectivity index (χ1v) is 6.10. The van der Waals surface area contributed by atoms with E-state index in [-0.39, 0.29) is 5.97 Å². The Morgan fingerprint density at radius 3 is 2.72 bits per heavy atom. The van der Waals surface area contributed by atoms with Crippen LogP contribution in [0.1, 0.15) is 24.8 Å². The van der Waals surface area contributed by atoms with E-state index in [1.54, 1.807) is 0 Å². The molecule has 3 nitrogen and oxygen atoms in total. The van der Waals surface area contributed by atoms with Crippen LogP contribution in [0, 0.1) is 0 Å². The second kappa shape index (κ2) is 4.61. The molecule has 0 fully saturated rings. The van der Waals surface area contributed by atoms with E-state index in [9.17, 15) is 4.79 Å². The van der Waals surface area contributed by atoms with Gasteiger partial charge in [-0.15, -0.1) is 0 Å². The second-order valence-corrected chi connectivity index (χ2v) is 4.34. The van der Waals surface area contributed by atoms with Crippen molar-refractivity contribution in [3.8, 4) is 0 Å². The number of carbonyl (C=O) groups excluding carboxylic acids is 1. The Bertz CT molecular complexity index is 567. The molecule has 1 aliphatic heterocycles. The van der Waals surface area contributed by atoms with Gasteiger partial charge in [0.15, 0.2) is 5.70 Å². The first-order valence-electron chi connectivity index (χ1n) is 6.10. The number of allylic oxidation sites excluding steroid dienone is 3. The molecule has 2 aliphatic rings. The topological polar surface area (TPSA) is 38.7 Å². The first-order chi connectivity index (χ1) is 8.84. The molecular formula is C15H13NO2. The molecule has 0 N–H and O–H groups in total. The molecule has 0 saturated carbocycles. The van der Waals surface area contributed by atoms with E-state index in [1.807, 2.05) is 36.4 Å². The summed E-state index contributed by atoms with van der Waals surface area (Å²) >= 11 is 0. The minimum atomic E-state index is -0.338. The molecule has 0 radical (unpaired) electrons. The molecule has 1 aliphatic carbocycles. The van der Waals surface area contributed by atoms with E-state index in [1.165, 1.54) is 0 Å². The third-order valence-corrected chi connectivity index (χ3v) is 3.06. The summed E-state index contributed by atoms with van der Waals surface area (Å²) in [7, 11) is 0. The molecule has 0 atom stereocenters. The molecule has 1 aromatic rings. The number of carbonyl (C=O) groups is 1. The predicted molar refractivity (Wildman–Crippen MR) is 69.1 cm³/mol. The molecule has 90 valence electrons. The molecular weight excluding hydrogens is 226 g/mol. The molecule has 0 aromatic heterocycles. The number of hydrogen-bond acceptors (Lipinski definition) is 3. The van der Waals surface area contributed by atoms with Gasteiger partial charge in [0.2, 0.25) is 5.90 Å². The van der Waals surface area contributed by atoms with Crippen LogP contribution in [0.4, 0.5) is 0 Å². The Morgan fingerprint density at radius 1 is 1.17 bits per heavy atom. The summed E-state index contributed by atoms with van der Waals surface area (Å²) in [6.07, 6.45) is 7.10. The number of esters is 1. The normalized spacial score (nSPS) is 22.9. The van der Waals surface area contributed by atoms with Gasteiger partial charge in [0.1, 0.15) is 0 Å². The second-order valence-electron chi connectivity index (χ2n) is 4.34. The van der Waals surface area contributed by atoms with Crippen LogP contribution in [-0.2, 0) is 9.53 Å². The maximum Gasteiger partial charge on any atom is 0.364 e. The third kappa shape index (κ3) is 1.99. The van der Waals surface area contributed by atoms with Crippen molar-refractivity contribution in [3.63, 3.8) is 0 Å². The summed E-state index contributed by atoms with van der Waals surface area (Å²) in [5.74, 6) is 0.0671. The van der Waals surface area contributed by atoms with Crippen molar-refractivity contribution in [2.24, 2.45) is 4.99 Å². The molecule has 0 saturated heterocycles. The highest BCUT2D eigenvalue weighted by molar-refractivity contribution is 6.11. The lowest BCUT2D eigenvalue weighted by atomic mass is 10.0. The van der Waals surface area contributed by atoms with E-state index < -0.39 is 0 Å². The van der Waals surface area contributed by atoms with E-state index in [2.05, 4.69) is 11.1 Å². The van der Waals surface area contributed by atoms with Gasteiger partial charge in [-0.1, -0.05) is 30.4 Å². The fourth-order valence-corrected chi connectivity index (χ4v) is 2.13. The van der Waals surface area contributed by atoms with Crippen molar-refractivity contribution < 1.29 is 9.53 Å². The van der Waals surface area contributed by atoms with Crippen LogP contribution in [0.5, 0.6) is 0 Å². The third-order valence-electron chi connectivity index (χ3n) is 3.06. The summed E-state index contributed by atoms with van der Waals surface area (Å²) in [4.78, 5) is 16.2. The monoisotopic (exact) mass is 239 g/mol. The van der Waals surface area contributed by atoms with E-state index in [4.69, 9.17) is 4.74 Å². The molecule has 3 rings (SSSR count). The summed E-state index contributed by atoms with van der Waals surface area (Å²) in [6, 6.07) is 9.49. The van der Waals surface area contributed by atoms with Gasteiger partial charge < -0.3 is 4.74 Å². The van der Waals surface area contributed by atoms with Crippen LogP contribution in [0.2, 0.25) is 0 Å². The zero-order valence-corrected chi connectivity index (χ0v) is 9.93. The largest absolute Gasteiger partial charge is 0.402 e. The van der Waals surface area contributed by atoms with Gasteiger partial charge in [-0.2, -0.15) is 0 Å². The zero-order valence-electron chi connectivity index (χ0n) is 9.93. The Kier molecular flexibility index (Phi) is 2.81. The number of rotatable bonds is 1.